The van der Waals surface area contributed by atoms with E-state index in [4.69, 9.17) is 4.42 Å². The van der Waals surface area contributed by atoms with Crippen molar-refractivity contribution < 1.29 is 9.21 Å². The van der Waals surface area contributed by atoms with Gasteiger partial charge in [0, 0.05) is 0 Å². The summed E-state index contributed by atoms with van der Waals surface area (Å²) in [6, 6.07) is 21.1. The van der Waals surface area contributed by atoms with E-state index in [1.54, 1.807) is 17.4 Å². The molecule has 0 atom stereocenters. The Balaban J connectivity index is 1.45. The van der Waals surface area contributed by atoms with Gasteiger partial charge in [0.2, 0.25) is 0 Å². The summed E-state index contributed by atoms with van der Waals surface area (Å²) in [6.07, 6.45) is 1.74. The van der Waals surface area contributed by atoms with Crippen molar-refractivity contribution in [2.24, 2.45) is 5.10 Å². The van der Waals surface area contributed by atoms with Gasteiger partial charge in [0.05, 0.1) is 27.2 Å². The molecule has 0 unspecified atom stereocenters. The zero-order valence-electron chi connectivity index (χ0n) is 15.0. The van der Waals surface area contributed by atoms with Crippen LogP contribution in [0.15, 0.2) is 81.8 Å². The first-order valence-corrected chi connectivity index (χ1v) is 9.63. The molecule has 5 nitrogen and oxygen atoms in total. The van der Waals surface area contributed by atoms with Crippen molar-refractivity contribution in [3.05, 3.63) is 78.1 Å². The minimum absolute atomic E-state index is 0.165. The highest BCUT2D eigenvalue weighted by atomic mass is 32.1. The second-order valence-corrected chi connectivity index (χ2v) is 7.42. The predicted octanol–water partition coefficient (Wildman–Crippen LogP) is 5.36. The number of carbonyl (C=O) groups is 1. The van der Waals surface area contributed by atoms with Crippen molar-refractivity contribution in [3.8, 4) is 10.8 Å². The van der Waals surface area contributed by atoms with Gasteiger partial charge in [-0.2, -0.15) is 10.1 Å². The molecule has 0 aliphatic carbocycles. The third-order valence-electron chi connectivity index (χ3n) is 4.48. The lowest BCUT2D eigenvalue weighted by Crippen LogP contribution is -2.21. The average Bonchev–Trinajstić information content (AvgIpc) is 3.42. The van der Waals surface area contributed by atoms with Crippen LogP contribution in [-0.4, -0.2) is 16.6 Å². The molecule has 0 spiro atoms. The van der Waals surface area contributed by atoms with Gasteiger partial charge in [-0.25, -0.2) is 4.98 Å². The van der Waals surface area contributed by atoms with Crippen LogP contribution in [0.25, 0.3) is 27.1 Å². The van der Waals surface area contributed by atoms with Gasteiger partial charge in [-0.3, -0.25) is 4.79 Å². The van der Waals surface area contributed by atoms with Crippen LogP contribution in [0.1, 0.15) is 12.7 Å². The lowest BCUT2D eigenvalue weighted by atomic mass is 10.1. The van der Waals surface area contributed by atoms with Gasteiger partial charge in [-0.05, 0) is 49.4 Å². The van der Waals surface area contributed by atoms with Crippen LogP contribution in [0, 0.1) is 0 Å². The summed E-state index contributed by atoms with van der Waals surface area (Å²) in [4.78, 5) is 17.4. The first-order chi connectivity index (χ1) is 13.7. The highest BCUT2D eigenvalue weighted by molar-refractivity contribution is 7.21. The van der Waals surface area contributed by atoms with E-state index in [1.165, 1.54) is 5.01 Å². The number of amides is 1. The van der Waals surface area contributed by atoms with Crippen LogP contribution in [0.3, 0.4) is 0 Å². The number of fused-ring (bicyclic) bond motifs is 1. The summed E-state index contributed by atoms with van der Waals surface area (Å²) < 4.78 is 7.06. The Morgan fingerprint density at radius 2 is 1.79 bits per heavy atom. The molecule has 1 aliphatic rings. The van der Waals surface area contributed by atoms with E-state index in [0.29, 0.717) is 22.8 Å². The van der Waals surface area contributed by atoms with Crippen molar-refractivity contribution in [2.75, 3.05) is 5.01 Å². The van der Waals surface area contributed by atoms with Crippen molar-refractivity contribution in [2.45, 2.75) is 6.92 Å². The van der Waals surface area contributed by atoms with Crippen LogP contribution < -0.4 is 5.01 Å². The van der Waals surface area contributed by atoms with Crippen LogP contribution >= 0.6 is 11.3 Å². The predicted molar refractivity (Wildman–Crippen MR) is 112 cm³/mol. The Hall–Kier alpha value is -3.51. The molecule has 1 aliphatic heterocycles. The summed E-state index contributed by atoms with van der Waals surface area (Å²) in [5.41, 5.74) is 2.87. The topological polar surface area (TPSA) is 58.7 Å². The lowest BCUT2D eigenvalue weighted by Gasteiger charge is -2.10. The van der Waals surface area contributed by atoms with Crippen LogP contribution in [0.5, 0.6) is 0 Å². The second kappa shape index (κ2) is 6.58. The summed E-state index contributed by atoms with van der Waals surface area (Å²) in [5.74, 6) is 1.12. The Kier molecular flexibility index (Phi) is 3.91. The lowest BCUT2D eigenvalue weighted by molar-refractivity contribution is -0.114. The zero-order chi connectivity index (χ0) is 19.1. The maximum absolute atomic E-state index is 12.8. The number of hydrazone groups is 1. The van der Waals surface area contributed by atoms with Crippen LogP contribution in [0.2, 0.25) is 0 Å². The molecule has 0 saturated carbocycles. The van der Waals surface area contributed by atoms with Crippen molar-refractivity contribution in [3.63, 3.8) is 0 Å². The molecule has 0 saturated heterocycles. The fourth-order valence-corrected chi connectivity index (χ4v) is 4.02. The second-order valence-electron chi connectivity index (χ2n) is 6.38. The third-order valence-corrected chi connectivity index (χ3v) is 5.53. The number of anilines is 1. The van der Waals surface area contributed by atoms with Crippen LogP contribution in [0.4, 0.5) is 5.69 Å². The average molecular weight is 385 g/mol. The van der Waals surface area contributed by atoms with Crippen molar-refractivity contribution in [1.29, 1.82) is 0 Å². The largest absolute Gasteiger partial charge is 0.454 e. The number of hydrogen-bond donors (Lipinski definition) is 0. The number of hydrogen-bond acceptors (Lipinski definition) is 5. The molecule has 4 aromatic rings. The van der Waals surface area contributed by atoms with E-state index in [-0.39, 0.29) is 5.91 Å². The van der Waals surface area contributed by atoms with E-state index in [0.717, 1.165) is 20.9 Å². The summed E-state index contributed by atoms with van der Waals surface area (Å²) in [6.45, 7) is 1.82. The smallest absolute Gasteiger partial charge is 0.280 e. The number of benzene rings is 2. The monoisotopic (exact) mass is 385 g/mol. The first kappa shape index (κ1) is 16.6. The summed E-state index contributed by atoms with van der Waals surface area (Å²) in [5, 5.41) is 6.63. The fourth-order valence-electron chi connectivity index (χ4n) is 3.09. The Morgan fingerprint density at radius 3 is 2.61 bits per heavy atom. The van der Waals surface area contributed by atoms with Gasteiger partial charge in [-0.1, -0.05) is 30.3 Å². The van der Waals surface area contributed by atoms with Crippen molar-refractivity contribution in [1.82, 2.24) is 4.98 Å². The minimum Gasteiger partial charge on any atom is -0.454 e. The van der Waals surface area contributed by atoms with Gasteiger partial charge >= 0.3 is 0 Å². The number of thiazole rings is 1. The van der Waals surface area contributed by atoms with Gasteiger partial charge < -0.3 is 4.42 Å². The summed E-state index contributed by atoms with van der Waals surface area (Å²) >= 11 is 1.58. The molecule has 3 heterocycles. The van der Waals surface area contributed by atoms with E-state index < -0.39 is 0 Å². The molecular weight excluding hydrogens is 370 g/mol. The molecule has 6 heteroatoms. The SMILES string of the molecule is CC1=NN(c2ccccc2)C(=O)C1=Cc1ccc(-c2nc3ccccc3s2)o1. The number of nitrogens with zero attached hydrogens (tertiary/aromatic N) is 3. The summed E-state index contributed by atoms with van der Waals surface area (Å²) in [7, 11) is 0. The highest BCUT2D eigenvalue weighted by Gasteiger charge is 2.29. The molecule has 2 aromatic heterocycles. The maximum atomic E-state index is 12.8. The molecule has 0 radical (unpaired) electrons. The van der Waals surface area contributed by atoms with E-state index >= 15 is 0 Å². The number of aromatic nitrogens is 1. The zero-order valence-corrected chi connectivity index (χ0v) is 15.8. The standard InChI is InChI=1S/C22H15N3O2S/c1-14-17(22(26)25(24-14)15-7-3-2-4-8-15)13-16-11-12-19(27-16)21-23-18-9-5-6-10-20(18)28-21/h2-13H,1H3. The number of furan rings is 1. The molecule has 2 aromatic carbocycles. The van der Waals surface area contributed by atoms with Gasteiger partial charge in [-0.15, -0.1) is 11.3 Å². The molecule has 0 fully saturated rings. The van der Waals surface area contributed by atoms with Gasteiger partial charge in [0.15, 0.2) is 10.8 Å². The number of carbonyl (C=O) groups excluding carboxylic acids is 1. The van der Waals surface area contributed by atoms with Crippen LogP contribution in [-0.2, 0) is 4.79 Å². The normalized spacial score (nSPS) is 15.6. The minimum atomic E-state index is -0.165. The first-order valence-electron chi connectivity index (χ1n) is 8.81. The van der Waals surface area contributed by atoms with Crippen molar-refractivity contribution >= 4 is 44.9 Å². The van der Waals surface area contributed by atoms with E-state index in [2.05, 4.69) is 10.1 Å². The molecule has 1 amide bonds. The third kappa shape index (κ3) is 2.84. The Labute approximate surface area is 165 Å². The maximum Gasteiger partial charge on any atom is 0.280 e. The van der Waals surface area contributed by atoms with E-state index in [9.17, 15) is 4.79 Å². The molecule has 28 heavy (non-hydrogen) atoms. The number of para-hydroxylation sites is 2. The van der Waals surface area contributed by atoms with Gasteiger partial charge in [0.25, 0.3) is 5.91 Å². The quantitative estimate of drug-likeness (QED) is 0.446. The Morgan fingerprint density at radius 1 is 1.00 bits per heavy atom. The van der Waals surface area contributed by atoms with E-state index in [1.807, 2.05) is 73.7 Å². The number of rotatable bonds is 3. The fraction of sp³-hybridized carbons (Fsp3) is 0.0455. The molecule has 0 N–H and O–H groups in total. The Bertz CT molecular complexity index is 1220. The molecule has 136 valence electrons. The highest BCUT2D eigenvalue weighted by Crippen LogP contribution is 2.32. The molecule has 0 bridgehead atoms. The molecular formula is C22H15N3O2S. The van der Waals surface area contributed by atoms with Gasteiger partial charge in [0.1, 0.15) is 5.76 Å². The molecule has 5 rings (SSSR count).